The largest absolute Gasteiger partial charge is 0.477 e. The molecule has 0 aliphatic rings. The van der Waals surface area contributed by atoms with E-state index in [0.29, 0.717) is 16.8 Å². The van der Waals surface area contributed by atoms with Crippen molar-refractivity contribution in [2.45, 2.75) is 40.0 Å². The van der Waals surface area contributed by atoms with Gasteiger partial charge in [-0.15, -0.1) is 0 Å². The second-order valence-corrected chi connectivity index (χ2v) is 10.9. The third-order valence-electron chi connectivity index (χ3n) is 4.53. The number of carboxylic acid groups (broad SMARTS) is 2. The molecule has 1 atom stereocenters. The van der Waals surface area contributed by atoms with Gasteiger partial charge in [0.05, 0.1) is 6.10 Å². The molecule has 0 saturated carbocycles. The van der Waals surface area contributed by atoms with Crippen LogP contribution in [0.2, 0.25) is 13.1 Å². The number of carbonyl (C=O) groups is 2. The average molecular weight is 446 g/mol. The molecule has 8 heteroatoms. The van der Waals surface area contributed by atoms with Gasteiger partial charge in [0, 0.05) is 17.5 Å². The Balaban J connectivity index is 2.34. The second-order valence-electron chi connectivity index (χ2n) is 8.56. The Bertz CT molecular complexity index is 964. The van der Waals surface area contributed by atoms with Gasteiger partial charge >= 0.3 is 11.9 Å². The Morgan fingerprint density at radius 2 is 1.65 bits per heavy atom. The molecule has 0 aliphatic carbocycles. The zero-order valence-electron chi connectivity index (χ0n) is 18.3. The van der Waals surface area contributed by atoms with Crippen LogP contribution in [0.25, 0.3) is 11.1 Å². The molecular formula is C23H28FNO5Si. The van der Waals surface area contributed by atoms with E-state index in [9.17, 15) is 14.0 Å². The predicted octanol–water partition coefficient (Wildman–Crippen LogP) is 5.04. The number of halogens is 1. The smallest absolute Gasteiger partial charge is 0.344 e. The summed E-state index contributed by atoms with van der Waals surface area (Å²) in [7, 11) is -1.27. The van der Waals surface area contributed by atoms with E-state index in [-0.39, 0.29) is 11.5 Å². The molecule has 0 radical (unpaired) electrons. The summed E-state index contributed by atoms with van der Waals surface area (Å²) in [5, 5.41) is 20.5. The Hall–Kier alpha value is -2.97. The molecule has 166 valence electrons. The number of aliphatic carboxylic acids is 2. The molecule has 2 aromatic carbocycles. The maximum atomic E-state index is 14.5. The molecule has 0 spiro atoms. The summed E-state index contributed by atoms with van der Waals surface area (Å²) in [6.07, 6.45) is 0.799. The lowest BCUT2D eigenvalue weighted by atomic mass is 9.84. The highest BCUT2D eigenvalue weighted by molar-refractivity contribution is 6.48. The highest BCUT2D eigenvalue weighted by Crippen LogP contribution is 2.37. The van der Waals surface area contributed by atoms with Crippen LogP contribution in [0.1, 0.15) is 32.4 Å². The van der Waals surface area contributed by atoms with Crippen molar-refractivity contribution in [3.05, 3.63) is 65.6 Å². The number of rotatable bonds is 8. The molecule has 2 aromatic rings. The van der Waals surface area contributed by atoms with Crippen LogP contribution in [0.15, 0.2) is 54.2 Å². The fourth-order valence-corrected chi connectivity index (χ4v) is 4.21. The van der Waals surface area contributed by atoms with Crippen LogP contribution in [0, 0.1) is 11.2 Å². The molecule has 0 fully saturated rings. The number of anilines is 1. The number of hydrogen-bond donors (Lipinski definition) is 3. The SMILES string of the molecule is C[SiH](C)OC(c1ccc(-c2cc(NC=C(C(=O)O)C(=O)O)ccc2F)cc1)C(C)(C)C. The van der Waals surface area contributed by atoms with E-state index < -0.39 is 32.4 Å². The summed E-state index contributed by atoms with van der Waals surface area (Å²) in [5.41, 5.74) is 1.41. The molecule has 0 heterocycles. The number of nitrogens with one attached hydrogen (secondary N) is 1. The summed E-state index contributed by atoms with van der Waals surface area (Å²) >= 11 is 0. The van der Waals surface area contributed by atoms with Crippen molar-refractivity contribution in [2.75, 3.05) is 5.32 Å². The van der Waals surface area contributed by atoms with Crippen LogP contribution < -0.4 is 5.32 Å². The maximum absolute atomic E-state index is 14.5. The third kappa shape index (κ3) is 6.50. The summed E-state index contributed by atoms with van der Waals surface area (Å²) in [4.78, 5) is 21.9. The molecule has 6 nitrogen and oxygen atoms in total. The zero-order valence-corrected chi connectivity index (χ0v) is 19.4. The Morgan fingerprint density at radius 3 is 2.13 bits per heavy atom. The first-order valence-electron chi connectivity index (χ1n) is 9.88. The van der Waals surface area contributed by atoms with Crippen LogP contribution in [0.3, 0.4) is 0 Å². The molecule has 0 saturated heterocycles. The standard InChI is InChI=1S/C23H28FNO5Si/c1-23(2,3)20(30-31(4)5)15-8-6-14(7-9-15)17-12-16(10-11-19(17)24)25-13-18(21(26)27)22(28)29/h6-13,20,25,31H,1-5H3,(H,26,27)(H,28,29). The summed E-state index contributed by atoms with van der Waals surface area (Å²) in [6, 6.07) is 11.6. The van der Waals surface area contributed by atoms with Crippen molar-refractivity contribution in [3.63, 3.8) is 0 Å². The molecule has 0 aliphatic heterocycles. The van der Waals surface area contributed by atoms with Crippen molar-refractivity contribution < 1.29 is 28.6 Å². The van der Waals surface area contributed by atoms with Gasteiger partial charge in [-0.2, -0.15) is 0 Å². The average Bonchev–Trinajstić information content (AvgIpc) is 2.66. The van der Waals surface area contributed by atoms with Crippen molar-refractivity contribution in [3.8, 4) is 11.1 Å². The van der Waals surface area contributed by atoms with Crippen molar-refractivity contribution in [1.82, 2.24) is 0 Å². The minimum atomic E-state index is -1.57. The minimum Gasteiger partial charge on any atom is -0.477 e. The lowest BCUT2D eigenvalue weighted by Gasteiger charge is -2.33. The maximum Gasteiger partial charge on any atom is 0.344 e. The van der Waals surface area contributed by atoms with Crippen LogP contribution in [0.5, 0.6) is 0 Å². The van der Waals surface area contributed by atoms with Gasteiger partial charge in [0.1, 0.15) is 5.82 Å². The van der Waals surface area contributed by atoms with Crippen molar-refractivity contribution in [2.24, 2.45) is 5.41 Å². The normalized spacial score (nSPS) is 12.4. The Morgan fingerprint density at radius 1 is 1.06 bits per heavy atom. The van der Waals surface area contributed by atoms with E-state index in [2.05, 4.69) is 39.2 Å². The number of benzene rings is 2. The first-order chi connectivity index (χ1) is 14.4. The fraction of sp³-hybridized carbons (Fsp3) is 0.304. The summed E-state index contributed by atoms with van der Waals surface area (Å²) in [5.74, 6) is -3.59. The molecular weight excluding hydrogens is 417 g/mol. The zero-order chi connectivity index (χ0) is 23.3. The van der Waals surface area contributed by atoms with Gasteiger partial charge in [0.25, 0.3) is 0 Å². The van der Waals surface area contributed by atoms with Gasteiger partial charge in [-0.25, -0.2) is 14.0 Å². The van der Waals surface area contributed by atoms with Crippen molar-refractivity contribution >= 4 is 26.7 Å². The molecule has 3 N–H and O–H groups in total. The second kappa shape index (κ2) is 9.89. The molecule has 2 rings (SSSR count). The molecule has 0 aromatic heterocycles. The van der Waals surface area contributed by atoms with Crippen LogP contribution in [-0.4, -0.2) is 31.2 Å². The monoisotopic (exact) mass is 445 g/mol. The number of hydrogen-bond acceptors (Lipinski definition) is 4. The lowest BCUT2D eigenvalue weighted by Crippen LogP contribution is -2.25. The first-order valence-corrected chi connectivity index (χ1v) is 12.7. The van der Waals surface area contributed by atoms with E-state index in [0.717, 1.165) is 11.8 Å². The van der Waals surface area contributed by atoms with Crippen LogP contribution >= 0.6 is 0 Å². The van der Waals surface area contributed by atoms with E-state index in [4.69, 9.17) is 14.6 Å². The van der Waals surface area contributed by atoms with Gasteiger partial charge in [-0.05, 0) is 47.8 Å². The topological polar surface area (TPSA) is 95.9 Å². The van der Waals surface area contributed by atoms with Gasteiger partial charge < -0.3 is 20.0 Å². The van der Waals surface area contributed by atoms with Gasteiger partial charge in [-0.1, -0.05) is 45.0 Å². The Labute approximate surface area is 183 Å². The van der Waals surface area contributed by atoms with Gasteiger partial charge in [-0.3, -0.25) is 0 Å². The fourth-order valence-electron chi connectivity index (χ4n) is 3.10. The molecule has 0 amide bonds. The van der Waals surface area contributed by atoms with Crippen molar-refractivity contribution in [1.29, 1.82) is 0 Å². The van der Waals surface area contributed by atoms with Crippen LogP contribution in [0.4, 0.5) is 10.1 Å². The molecule has 0 bridgehead atoms. The van der Waals surface area contributed by atoms with Crippen LogP contribution in [-0.2, 0) is 14.0 Å². The quantitative estimate of drug-likeness (QED) is 0.228. The molecule has 1 unspecified atom stereocenters. The third-order valence-corrected chi connectivity index (χ3v) is 5.35. The highest BCUT2D eigenvalue weighted by atomic mass is 28.3. The Kier molecular flexibility index (Phi) is 7.75. The van der Waals surface area contributed by atoms with E-state index >= 15 is 0 Å². The summed E-state index contributed by atoms with van der Waals surface area (Å²) < 4.78 is 20.7. The molecule has 31 heavy (non-hydrogen) atoms. The van der Waals surface area contributed by atoms with E-state index in [1.54, 1.807) is 0 Å². The first kappa shape index (κ1) is 24.3. The van der Waals surface area contributed by atoms with Gasteiger partial charge in [0.15, 0.2) is 14.6 Å². The van der Waals surface area contributed by atoms with Gasteiger partial charge in [0.2, 0.25) is 0 Å². The highest BCUT2D eigenvalue weighted by Gasteiger charge is 2.28. The minimum absolute atomic E-state index is 0.0679. The predicted molar refractivity (Wildman–Crippen MR) is 121 cm³/mol. The van der Waals surface area contributed by atoms with E-state index in [1.165, 1.54) is 18.2 Å². The summed E-state index contributed by atoms with van der Waals surface area (Å²) in [6.45, 7) is 10.6. The lowest BCUT2D eigenvalue weighted by molar-refractivity contribution is -0.140. The number of carboxylic acids is 2. The van der Waals surface area contributed by atoms with E-state index in [1.807, 2.05) is 24.3 Å².